The standard InChI is InChI=1S/C20H15FN2O7S3.Na/c1-10-13-8-12(21)4-6-16(13)31-20(10)33(28,29)23-14-5-3-11(7-17(14)32(2,26)27)18-22-15(9-30-18)19(24)25;/h3-9,23H,1-2H3,(H,24,25);/q;+1/p-1. The Morgan fingerprint density at radius 1 is 1.15 bits per heavy atom. The minimum atomic E-state index is -4.23. The van der Waals surface area contributed by atoms with Gasteiger partial charge in [0.15, 0.2) is 9.84 Å². The van der Waals surface area contributed by atoms with Crippen molar-refractivity contribution in [1.29, 1.82) is 0 Å². The molecule has 0 unspecified atom stereocenters. The number of hydrogen-bond donors (Lipinski definition) is 1. The third-order valence-electron chi connectivity index (χ3n) is 4.68. The van der Waals surface area contributed by atoms with Crippen LogP contribution in [0.25, 0.3) is 21.5 Å². The van der Waals surface area contributed by atoms with Crippen molar-refractivity contribution < 1.29 is 65.1 Å². The first kappa shape index (κ1) is 26.3. The molecule has 2 aromatic heterocycles. The van der Waals surface area contributed by atoms with Crippen molar-refractivity contribution >= 4 is 52.9 Å². The summed E-state index contributed by atoms with van der Waals surface area (Å²) >= 11 is 0.925. The van der Waals surface area contributed by atoms with Crippen molar-refractivity contribution in [3.8, 4) is 11.5 Å². The zero-order valence-electron chi connectivity index (χ0n) is 17.9. The van der Waals surface area contributed by atoms with E-state index in [1.807, 2.05) is 0 Å². The molecule has 4 aromatic rings. The number of thiophene rings is 1. The first-order chi connectivity index (χ1) is 15.4. The number of halogens is 1. The number of rotatable bonds is 6. The molecule has 0 atom stereocenters. The number of carboxylic acid groups (broad SMARTS) is 1. The molecule has 9 nitrogen and oxygen atoms in total. The van der Waals surface area contributed by atoms with Crippen molar-refractivity contribution in [3.05, 3.63) is 59.7 Å². The molecule has 14 heteroatoms. The summed E-state index contributed by atoms with van der Waals surface area (Å²) in [4.78, 5) is 14.2. The molecule has 0 aliphatic rings. The minimum Gasteiger partial charge on any atom is -0.543 e. The van der Waals surface area contributed by atoms with E-state index in [-0.39, 0.29) is 55.8 Å². The Hall–Kier alpha value is -2.29. The molecule has 172 valence electrons. The molecule has 2 heterocycles. The van der Waals surface area contributed by atoms with Crippen LogP contribution in [0.2, 0.25) is 0 Å². The molecule has 34 heavy (non-hydrogen) atoms. The van der Waals surface area contributed by atoms with E-state index in [0.717, 1.165) is 29.9 Å². The van der Waals surface area contributed by atoms with Gasteiger partial charge in [-0.15, -0.1) is 11.3 Å². The summed E-state index contributed by atoms with van der Waals surface area (Å²) in [7, 11) is -8.17. The Balaban J connectivity index is 0.00000324. The van der Waals surface area contributed by atoms with Gasteiger partial charge in [0.05, 0.1) is 16.6 Å². The van der Waals surface area contributed by atoms with E-state index < -0.39 is 37.3 Å². The van der Waals surface area contributed by atoms with Crippen LogP contribution in [0.5, 0.6) is 0 Å². The topological polar surface area (TPSA) is 146 Å². The Morgan fingerprint density at radius 2 is 1.85 bits per heavy atom. The fourth-order valence-electron chi connectivity index (χ4n) is 3.16. The van der Waals surface area contributed by atoms with E-state index in [0.29, 0.717) is 15.6 Å². The zero-order chi connectivity index (χ0) is 24.1. The largest absolute Gasteiger partial charge is 1.00 e. The predicted octanol–water partition coefficient (Wildman–Crippen LogP) is -0.424. The number of sulfone groups is 1. The van der Waals surface area contributed by atoms with Crippen LogP contribution in [0.1, 0.15) is 16.1 Å². The second kappa shape index (κ2) is 9.40. The normalized spacial score (nSPS) is 11.9. The number of hydrogen-bond acceptors (Lipinski definition) is 9. The van der Waals surface area contributed by atoms with Crippen LogP contribution in [0, 0.1) is 12.7 Å². The number of sulfonamides is 1. The quantitative estimate of drug-likeness (QED) is 0.330. The van der Waals surface area contributed by atoms with E-state index in [4.69, 9.17) is 4.42 Å². The van der Waals surface area contributed by atoms with Crippen LogP contribution in [0.15, 0.2) is 56.2 Å². The molecular weight excluding hydrogens is 518 g/mol. The van der Waals surface area contributed by atoms with E-state index in [2.05, 4.69) is 9.71 Å². The molecule has 2 aromatic carbocycles. The molecular formula is C20H14FN2NaO7S3. The van der Waals surface area contributed by atoms with Gasteiger partial charge in [-0.05, 0) is 54.3 Å². The predicted molar refractivity (Wildman–Crippen MR) is 117 cm³/mol. The fraction of sp³-hybridized carbons (Fsp3) is 0.100. The van der Waals surface area contributed by atoms with Gasteiger partial charge < -0.3 is 14.3 Å². The average molecular weight is 533 g/mol. The first-order valence-corrected chi connectivity index (χ1v) is 13.3. The zero-order valence-corrected chi connectivity index (χ0v) is 22.4. The van der Waals surface area contributed by atoms with Crippen LogP contribution in [-0.2, 0) is 19.9 Å². The third kappa shape index (κ3) is 5.04. The van der Waals surface area contributed by atoms with Gasteiger partial charge in [0.2, 0.25) is 5.89 Å². The maximum atomic E-state index is 13.6. The summed E-state index contributed by atoms with van der Waals surface area (Å²) in [6.07, 6.45) is 1.73. The number of nitrogens with one attached hydrogen (secondary N) is 1. The van der Waals surface area contributed by atoms with Crippen molar-refractivity contribution in [2.24, 2.45) is 0 Å². The second-order valence-corrected chi connectivity index (χ2v) is 12.0. The molecule has 0 amide bonds. The van der Waals surface area contributed by atoms with E-state index >= 15 is 0 Å². The van der Waals surface area contributed by atoms with Crippen LogP contribution in [0.3, 0.4) is 0 Å². The fourth-order valence-corrected chi connectivity index (χ4v) is 6.92. The van der Waals surface area contributed by atoms with Gasteiger partial charge in [0, 0.05) is 16.5 Å². The minimum absolute atomic E-state index is 0. The van der Waals surface area contributed by atoms with Crippen LogP contribution >= 0.6 is 11.3 Å². The summed E-state index contributed by atoms with van der Waals surface area (Å²) in [6.45, 7) is 1.53. The van der Waals surface area contributed by atoms with E-state index in [9.17, 15) is 31.1 Å². The van der Waals surface area contributed by atoms with Crippen molar-refractivity contribution in [1.82, 2.24) is 4.98 Å². The van der Waals surface area contributed by atoms with Gasteiger partial charge in [-0.3, -0.25) is 4.72 Å². The number of anilines is 1. The number of aryl methyl sites for hydroxylation is 1. The molecule has 0 aliphatic carbocycles. The van der Waals surface area contributed by atoms with Gasteiger partial charge in [0.1, 0.15) is 22.0 Å². The number of oxazole rings is 1. The summed E-state index contributed by atoms with van der Waals surface area (Å²) in [5.41, 5.74) is -0.267. The molecule has 1 N–H and O–H groups in total. The van der Waals surface area contributed by atoms with E-state index in [1.165, 1.54) is 37.3 Å². The van der Waals surface area contributed by atoms with Gasteiger partial charge in [-0.2, -0.15) is 0 Å². The number of carbonyl (C=O) groups is 1. The van der Waals surface area contributed by atoms with E-state index in [1.54, 1.807) is 0 Å². The molecule has 0 radical (unpaired) electrons. The number of carboxylic acids is 1. The van der Waals surface area contributed by atoms with Crippen molar-refractivity contribution in [2.45, 2.75) is 16.0 Å². The smallest absolute Gasteiger partial charge is 0.543 e. The van der Waals surface area contributed by atoms with Crippen LogP contribution in [0.4, 0.5) is 10.1 Å². The molecule has 4 rings (SSSR count). The van der Waals surface area contributed by atoms with Crippen molar-refractivity contribution in [3.63, 3.8) is 0 Å². The second-order valence-electron chi connectivity index (χ2n) is 7.07. The van der Waals surface area contributed by atoms with Crippen LogP contribution in [-0.4, -0.2) is 34.0 Å². The molecule has 0 spiro atoms. The van der Waals surface area contributed by atoms with Crippen LogP contribution < -0.4 is 39.4 Å². The Morgan fingerprint density at radius 3 is 2.47 bits per heavy atom. The maximum absolute atomic E-state index is 13.6. The Labute approximate surface area is 219 Å². The number of carbonyl (C=O) groups excluding carboxylic acids is 1. The average Bonchev–Trinajstić information content (AvgIpc) is 3.33. The molecule has 0 aliphatic heterocycles. The SMILES string of the molecule is Cc1c(S(=O)(=O)Nc2ccc(-c3nc(C(=O)[O-])co3)cc2S(C)(=O)=O)sc2ccc(F)cc12.[Na+]. The first-order valence-electron chi connectivity index (χ1n) is 9.09. The summed E-state index contributed by atoms with van der Waals surface area (Å²) < 4.78 is 72.4. The third-order valence-corrected chi connectivity index (χ3v) is 9.08. The number of fused-ring (bicyclic) bond motifs is 1. The van der Waals surface area contributed by atoms with Gasteiger partial charge in [0.25, 0.3) is 10.0 Å². The number of benzene rings is 2. The Kier molecular flexibility index (Phi) is 7.27. The van der Waals surface area contributed by atoms with Gasteiger partial charge >= 0.3 is 29.6 Å². The summed E-state index contributed by atoms with van der Waals surface area (Å²) in [5.74, 6) is -2.27. The molecule has 0 bridgehead atoms. The Bertz CT molecular complexity index is 1640. The summed E-state index contributed by atoms with van der Waals surface area (Å²) in [5, 5.41) is 11.3. The van der Waals surface area contributed by atoms with Crippen molar-refractivity contribution in [2.75, 3.05) is 11.0 Å². The molecule has 0 saturated carbocycles. The molecule has 0 fully saturated rings. The number of aromatic carboxylic acids is 1. The van der Waals surface area contributed by atoms with Gasteiger partial charge in [-0.1, -0.05) is 0 Å². The summed E-state index contributed by atoms with van der Waals surface area (Å²) in [6, 6.07) is 7.56. The number of aromatic nitrogens is 1. The maximum Gasteiger partial charge on any atom is 1.00 e. The molecule has 0 saturated heterocycles. The van der Waals surface area contributed by atoms with Gasteiger partial charge in [-0.25, -0.2) is 26.2 Å². The number of nitrogens with zero attached hydrogens (tertiary/aromatic N) is 1. The monoisotopic (exact) mass is 532 g/mol.